The lowest BCUT2D eigenvalue weighted by Crippen LogP contribution is -2.12. The Labute approximate surface area is 129 Å². The lowest BCUT2D eigenvalue weighted by atomic mass is 10.0. The number of hydrogen-bond acceptors (Lipinski definition) is 4. The first-order valence-corrected chi connectivity index (χ1v) is 7.46. The van der Waals surface area contributed by atoms with Crippen LogP contribution in [0.25, 0.3) is 10.9 Å². The first-order valence-electron chi connectivity index (χ1n) is 7.46. The van der Waals surface area contributed by atoms with Gasteiger partial charge in [0.2, 0.25) is 0 Å². The molecule has 22 heavy (non-hydrogen) atoms. The van der Waals surface area contributed by atoms with Crippen LogP contribution in [0.5, 0.6) is 0 Å². The van der Waals surface area contributed by atoms with Crippen molar-refractivity contribution in [2.45, 2.75) is 33.1 Å². The van der Waals surface area contributed by atoms with Crippen LogP contribution in [0, 0.1) is 12.7 Å². The number of nitrogens with one attached hydrogen (secondary N) is 1. The summed E-state index contributed by atoms with van der Waals surface area (Å²) < 4.78 is 18.4. The van der Waals surface area contributed by atoms with E-state index >= 15 is 0 Å². The Kier molecular flexibility index (Phi) is 5.31. The monoisotopic (exact) mass is 304 g/mol. The second-order valence-electron chi connectivity index (χ2n) is 5.25. The van der Waals surface area contributed by atoms with Gasteiger partial charge in [0, 0.05) is 28.9 Å². The molecule has 0 aliphatic heterocycles. The Balaban J connectivity index is 2.55. The molecule has 0 aliphatic rings. The normalized spacial score (nSPS) is 10.7. The smallest absolute Gasteiger partial charge is 0.310 e. The van der Waals surface area contributed by atoms with E-state index in [0.29, 0.717) is 10.9 Å². The predicted molar refractivity (Wildman–Crippen MR) is 85.6 cm³/mol. The predicted octanol–water partition coefficient (Wildman–Crippen LogP) is 3.61. The molecule has 0 amide bonds. The van der Waals surface area contributed by atoms with Crippen molar-refractivity contribution in [1.82, 2.24) is 4.98 Å². The van der Waals surface area contributed by atoms with E-state index in [-0.39, 0.29) is 18.2 Å². The summed E-state index contributed by atoms with van der Waals surface area (Å²) in [5, 5.41) is 4.04. The van der Waals surface area contributed by atoms with E-state index in [1.54, 1.807) is 6.07 Å². The van der Waals surface area contributed by atoms with Gasteiger partial charge in [-0.2, -0.15) is 0 Å². The van der Waals surface area contributed by atoms with Crippen molar-refractivity contribution >= 4 is 22.6 Å². The fourth-order valence-electron chi connectivity index (χ4n) is 2.42. The first kappa shape index (κ1) is 16.2. The Morgan fingerprint density at radius 3 is 2.86 bits per heavy atom. The number of aromatic nitrogens is 1. The molecule has 2 rings (SSSR count). The summed E-state index contributed by atoms with van der Waals surface area (Å²) in [7, 11) is 1.36. The quantitative estimate of drug-likeness (QED) is 0.654. The van der Waals surface area contributed by atoms with Gasteiger partial charge in [-0.3, -0.25) is 9.78 Å². The molecule has 2 aromatic rings. The molecule has 4 nitrogen and oxygen atoms in total. The van der Waals surface area contributed by atoms with Crippen LogP contribution in [-0.2, 0) is 16.0 Å². The lowest BCUT2D eigenvalue weighted by molar-refractivity contribution is -0.139. The summed E-state index contributed by atoms with van der Waals surface area (Å²) in [5.74, 6) is -0.653. The summed E-state index contributed by atoms with van der Waals surface area (Å²) in [5.41, 5.74) is 3.01. The number of rotatable bonds is 6. The molecular formula is C17H21FN2O2. The molecule has 0 spiro atoms. The molecule has 5 heteroatoms. The Hall–Kier alpha value is -2.17. The fraction of sp³-hybridized carbons (Fsp3) is 0.412. The standard InChI is InChI=1S/C17H21FN2O2/c1-4-5-8-19-17-13(10-16(21)22-3)11(2)20-15-7-6-12(18)9-14(15)17/h6-7,9H,4-5,8,10H2,1-3H3,(H,19,20). The Morgan fingerprint density at radius 1 is 1.41 bits per heavy atom. The van der Waals surface area contributed by atoms with Crippen LogP contribution in [0.3, 0.4) is 0 Å². The van der Waals surface area contributed by atoms with E-state index in [4.69, 9.17) is 4.74 Å². The molecule has 0 aliphatic carbocycles. The molecule has 0 unspecified atom stereocenters. The van der Waals surface area contributed by atoms with Crippen LogP contribution < -0.4 is 5.32 Å². The maximum Gasteiger partial charge on any atom is 0.310 e. The second kappa shape index (κ2) is 7.20. The average Bonchev–Trinajstić information content (AvgIpc) is 2.50. The summed E-state index contributed by atoms with van der Waals surface area (Å²) in [4.78, 5) is 16.1. The maximum atomic E-state index is 13.6. The fourth-order valence-corrected chi connectivity index (χ4v) is 2.42. The van der Waals surface area contributed by atoms with Gasteiger partial charge in [-0.05, 0) is 31.5 Å². The number of hydrogen-bond donors (Lipinski definition) is 1. The van der Waals surface area contributed by atoms with Gasteiger partial charge in [0.15, 0.2) is 0 Å². The molecule has 0 saturated heterocycles. The third kappa shape index (κ3) is 3.53. The molecule has 1 aromatic carbocycles. The molecule has 0 radical (unpaired) electrons. The van der Waals surface area contributed by atoms with Gasteiger partial charge in [-0.15, -0.1) is 0 Å². The van der Waals surface area contributed by atoms with E-state index in [1.165, 1.54) is 19.2 Å². The van der Waals surface area contributed by atoms with Crippen molar-refractivity contribution in [1.29, 1.82) is 0 Å². The van der Waals surface area contributed by atoms with Crippen molar-refractivity contribution in [2.75, 3.05) is 19.0 Å². The van der Waals surface area contributed by atoms with E-state index in [2.05, 4.69) is 17.2 Å². The summed E-state index contributed by atoms with van der Waals surface area (Å²) in [6.45, 7) is 4.72. The highest BCUT2D eigenvalue weighted by Gasteiger charge is 2.16. The summed E-state index contributed by atoms with van der Waals surface area (Å²) >= 11 is 0. The van der Waals surface area contributed by atoms with Crippen LogP contribution >= 0.6 is 0 Å². The van der Waals surface area contributed by atoms with Crippen LogP contribution in [0.4, 0.5) is 10.1 Å². The van der Waals surface area contributed by atoms with Crippen molar-refractivity contribution in [3.8, 4) is 0 Å². The number of carbonyl (C=O) groups excluding carboxylic acids is 1. The molecule has 1 N–H and O–H groups in total. The van der Waals surface area contributed by atoms with Gasteiger partial charge in [0.05, 0.1) is 19.0 Å². The van der Waals surface area contributed by atoms with Crippen molar-refractivity contribution < 1.29 is 13.9 Å². The van der Waals surface area contributed by atoms with Crippen LogP contribution in [0.15, 0.2) is 18.2 Å². The minimum atomic E-state index is -0.334. The largest absolute Gasteiger partial charge is 0.469 e. The number of pyridine rings is 1. The average molecular weight is 304 g/mol. The zero-order valence-corrected chi connectivity index (χ0v) is 13.2. The number of aryl methyl sites for hydroxylation is 1. The van der Waals surface area contributed by atoms with Crippen molar-refractivity contribution in [3.63, 3.8) is 0 Å². The zero-order valence-electron chi connectivity index (χ0n) is 13.2. The summed E-state index contributed by atoms with van der Waals surface area (Å²) in [6, 6.07) is 4.51. The van der Waals surface area contributed by atoms with Crippen LogP contribution in [0.2, 0.25) is 0 Å². The Morgan fingerprint density at radius 2 is 2.18 bits per heavy atom. The second-order valence-corrected chi connectivity index (χ2v) is 5.25. The number of nitrogens with zero attached hydrogens (tertiary/aromatic N) is 1. The van der Waals surface area contributed by atoms with Crippen molar-refractivity contribution in [2.24, 2.45) is 0 Å². The molecule has 0 bridgehead atoms. The van der Waals surface area contributed by atoms with E-state index < -0.39 is 0 Å². The third-order valence-corrected chi connectivity index (χ3v) is 3.64. The van der Waals surface area contributed by atoms with Crippen LogP contribution in [-0.4, -0.2) is 24.6 Å². The minimum absolute atomic E-state index is 0.121. The first-order chi connectivity index (χ1) is 10.6. The van der Waals surface area contributed by atoms with Gasteiger partial charge in [0.1, 0.15) is 5.82 Å². The molecule has 1 aromatic heterocycles. The third-order valence-electron chi connectivity index (χ3n) is 3.64. The maximum absolute atomic E-state index is 13.6. The van der Waals surface area contributed by atoms with Gasteiger partial charge in [-0.25, -0.2) is 4.39 Å². The van der Waals surface area contributed by atoms with Gasteiger partial charge >= 0.3 is 5.97 Å². The molecule has 0 atom stereocenters. The van der Waals surface area contributed by atoms with E-state index in [0.717, 1.165) is 36.3 Å². The lowest BCUT2D eigenvalue weighted by Gasteiger charge is -2.16. The highest BCUT2D eigenvalue weighted by atomic mass is 19.1. The minimum Gasteiger partial charge on any atom is -0.469 e. The SMILES string of the molecule is CCCCNc1c(CC(=O)OC)c(C)nc2ccc(F)cc12. The van der Waals surface area contributed by atoms with Gasteiger partial charge in [-0.1, -0.05) is 13.3 Å². The summed E-state index contributed by atoms with van der Waals surface area (Å²) in [6.07, 6.45) is 2.17. The number of anilines is 1. The number of ether oxygens (including phenoxy) is 1. The topological polar surface area (TPSA) is 51.2 Å². The highest BCUT2D eigenvalue weighted by Crippen LogP contribution is 2.30. The van der Waals surface area contributed by atoms with Gasteiger partial charge < -0.3 is 10.1 Å². The molecule has 0 fully saturated rings. The zero-order chi connectivity index (χ0) is 16.1. The number of carbonyl (C=O) groups is 1. The number of unbranched alkanes of at least 4 members (excludes halogenated alkanes) is 1. The Bertz CT molecular complexity index is 686. The van der Waals surface area contributed by atoms with E-state index in [9.17, 15) is 9.18 Å². The van der Waals surface area contributed by atoms with E-state index in [1.807, 2.05) is 6.92 Å². The van der Waals surface area contributed by atoms with Crippen LogP contribution in [0.1, 0.15) is 31.0 Å². The molecule has 1 heterocycles. The number of fused-ring (bicyclic) bond motifs is 1. The number of esters is 1. The number of halogens is 1. The van der Waals surface area contributed by atoms with Gasteiger partial charge in [0.25, 0.3) is 0 Å². The van der Waals surface area contributed by atoms with Crippen molar-refractivity contribution in [3.05, 3.63) is 35.3 Å². The molecule has 0 saturated carbocycles. The highest BCUT2D eigenvalue weighted by molar-refractivity contribution is 5.95. The molecule has 118 valence electrons. The number of methoxy groups -OCH3 is 1. The molecular weight excluding hydrogens is 283 g/mol. The number of benzene rings is 1.